The Morgan fingerprint density at radius 1 is 0.403 bits per heavy atom. The smallest absolute Gasteiger partial charge is 0.126 e. The molecule has 1 aliphatic carbocycles. The van der Waals surface area contributed by atoms with E-state index in [9.17, 15) is 0 Å². The van der Waals surface area contributed by atoms with Crippen molar-refractivity contribution in [2.24, 2.45) is 0 Å². The average Bonchev–Trinajstić information content (AvgIpc) is 3.78. The molecule has 0 amide bonds. The van der Waals surface area contributed by atoms with E-state index in [-0.39, 0.29) is 21.7 Å². The Hall–Kier alpha value is -6.62. The zero-order chi connectivity index (χ0) is 46.5. The Morgan fingerprint density at radius 3 is 1.64 bits per heavy atom. The summed E-state index contributed by atoms with van der Waals surface area (Å²) in [5.41, 5.74) is 21.2. The number of thiophene rings is 1. The number of fused-ring (bicyclic) bond motifs is 10. The standard InChI is InChI=1S/C63H59N3S/c1-60(2,3)40-23-28-43(29-24-40)64-52-32-27-42(62(7,8)9)35-53(52)66-58-54(64)33-39(46-21-16-18-38-17-12-13-19-45(38)46)34-55(58)65(44-30-25-41(26-31-44)61(4,5)6)57-49-36-48-47-20-14-15-22-50(47)63(10,11)51(48)37-56(49)67-59(57)66/h12-37H,1-11H3. The highest BCUT2D eigenvalue weighted by molar-refractivity contribution is 7.24. The molecule has 0 fully saturated rings. The van der Waals surface area contributed by atoms with Crippen LogP contribution in [0.4, 0.5) is 50.5 Å². The number of anilines is 9. The molecule has 0 N–H and O–H groups in total. The van der Waals surface area contributed by atoms with Gasteiger partial charge in [0.1, 0.15) is 5.00 Å². The van der Waals surface area contributed by atoms with Gasteiger partial charge in [-0.1, -0.05) is 173 Å². The summed E-state index contributed by atoms with van der Waals surface area (Å²) in [6, 6.07) is 60.7. The van der Waals surface area contributed by atoms with Crippen LogP contribution in [0.25, 0.3) is 43.1 Å². The molecule has 67 heavy (non-hydrogen) atoms. The zero-order valence-corrected chi connectivity index (χ0v) is 41.6. The molecule has 0 spiro atoms. The fourth-order valence-electron chi connectivity index (χ4n) is 11.1. The summed E-state index contributed by atoms with van der Waals surface area (Å²) in [6.07, 6.45) is 0. The normalized spacial score (nSPS) is 14.8. The van der Waals surface area contributed by atoms with Gasteiger partial charge in [0, 0.05) is 26.9 Å². The van der Waals surface area contributed by atoms with Gasteiger partial charge >= 0.3 is 0 Å². The van der Waals surface area contributed by atoms with Gasteiger partial charge in [0.25, 0.3) is 0 Å². The van der Waals surface area contributed by atoms with Crippen LogP contribution in [-0.2, 0) is 21.7 Å². The van der Waals surface area contributed by atoms with Crippen LogP contribution in [0.3, 0.4) is 0 Å². The SMILES string of the molecule is CC(C)(C)c1ccc(N2c3ccc(C(C)(C)C)cc3N3c4sc5cc6c(cc5c4N(c4ccc(C(C)(C)C)cc4)c4cc(-c5cccc7ccccc57)cc2c43)-c2ccccc2C6(C)C)cc1. The summed E-state index contributed by atoms with van der Waals surface area (Å²) in [4.78, 5) is 7.81. The van der Waals surface area contributed by atoms with Gasteiger partial charge in [-0.15, -0.1) is 11.3 Å². The maximum atomic E-state index is 2.65. The summed E-state index contributed by atoms with van der Waals surface area (Å²) in [6.45, 7) is 25.6. The topological polar surface area (TPSA) is 9.72 Å². The molecule has 0 bridgehead atoms. The molecule has 0 atom stereocenters. The minimum atomic E-state index is -0.112. The molecule has 8 aromatic carbocycles. The molecule has 1 aromatic heterocycles. The molecule has 0 saturated carbocycles. The monoisotopic (exact) mass is 889 g/mol. The molecule has 0 radical (unpaired) electrons. The van der Waals surface area contributed by atoms with Gasteiger partial charge in [-0.25, -0.2) is 0 Å². The Labute approximate surface area is 401 Å². The third-order valence-electron chi connectivity index (χ3n) is 15.0. The Morgan fingerprint density at radius 2 is 0.970 bits per heavy atom. The predicted molar refractivity (Wildman–Crippen MR) is 290 cm³/mol. The largest absolute Gasteiger partial charge is 0.306 e. The van der Waals surface area contributed by atoms with Crippen LogP contribution < -0.4 is 14.7 Å². The van der Waals surface area contributed by atoms with E-state index in [4.69, 9.17) is 0 Å². The molecule has 0 unspecified atom stereocenters. The van der Waals surface area contributed by atoms with E-state index in [2.05, 4.69) is 249 Å². The van der Waals surface area contributed by atoms with E-state index in [1.165, 1.54) is 104 Å². The van der Waals surface area contributed by atoms with Gasteiger partial charge in [-0.3, -0.25) is 4.90 Å². The summed E-state index contributed by atoms with van der Waals surface area (Å²) in [7, 11) is 0. The molecule has 9 aromatic rings. The molecule has 2 aliphatic heterocycles. The summed E-state index contributed by atoms with van der Waals surface area (Å²) in [5.74, 6) is 0. The minimum Gasteiger partial charge on any atom is -0.306 e. The van der Waals surface area contributed by atoms with E-state index in [0.29, 0.717) is 0 Å². The second-order valence-corrected chi connectivity index (χ2v) is 23.8. The van der Waals surface area contributed by atoms with Gasteiger partial charge in [-0.05, 0) is 138 Å². The van der Waals surface area contributed by atoms with Crippen molar-refractivity contribution in [3.05, 3.63) is 186 Å². The van der Waals surface area contributed by atoms with Gasteiger partial charge < -0.3 is 9.80 Å². The van der Waals surface area contributed by atoms with Gasteiger partial charge in [0.15, 0.2) is 0 Å². The highest BCUT2D eigenvalue weighted by Crippen LogP contribution is 2.68. The first-order valence-corrected chi connectivity index (χ1v) is 24.8. The van der Waals surface area contributed by atoms with Crippen LogP contribution in [0.5, 0.6) is 0 Å². The molecule has 3 aliphatic rings. The summed E-state index contributed by atoms with van der Waals surface area (Å²) in [5, 5.41) is 5.01. The van der Waals surface area contributed by atoms with Crippen molar-refractivity contribution in [2.45, 2.75) is 97.8 Å². The molecule has 0 saturated heterocycles. The van der Waals surface area contributed by atoms with Crippen molar-refractivity contribution in [3.63, 3.8) is 0 Å². The van der Waals surface area contributed by atoms with Crippen LogP contribution in [0.15, 0.2) is 158 Å². The van der Waals surface area contributed by atoms with Crippen molar-refractivity contribution in [2.75, 3.05) is 14.7 Å². The van der Waals surface area contributed by atoms with Gasteiger partial charge in [-0.2, -0.15) is 0 Å². The molecular weight excluding hydrogens is 831 g/mol. The lowest BCUT2D eigenvalue weighted by atomic mass is 9.82. The van der Waals surface area contributed by atoms with Crippen LogP contribution in [0.2, 0.25) is 0 Å². The van der Waals surface area contributed by atoms with E-state index < -0.39 is 0 Å². The molecule has 332 valence electrons. The summed E-state index contributed by atoms with van der Waals surface area (Å²) >= 11 is 1.94. The van der Waals surface area contributed by atoms with Crippen LogP contribution in [-0.4, -0.2) is 0 Å². The van der Waals surface area contributed by atoms with E-state index in [0.717, 1.165) is 17.1 Å². The first-order valence-electron chi connectivity index (χ1n) is 24.0. The Kier molecular flexibility index (Phi) is 8.86. The lowest BCUT2D eigenvalue weighted by molar-refractivity contribution is 0.590. The van der Waals surface area contributed by atoms with Gasteiger partial charge in [0.2, 0.25) is 0 Å². The van der Waals surface area contributed by atoms with Crippen molar-refractivity contribution >= 4 is 82.7 Å². The number of rotatable bonds is 3. The maximum absolute atomic E-state index is 2.65. The first-order chi connectivity index (χ1) is 31.9. The van der Waals surface area contributed by atoms with E-state index >= 15 is 0 Å². The Balaban J connectivity index is 1.23. The minimum absolute atomic E-state index is 0.0170. The number of benzene rings is 8. The molecule has 3 heterocycles. The van der Waals surface area contributed by atoms with Crippen LogP contribution in [0, 0.1) is 0 Å². The maximum Gasteiger partial charge on any atom is 0.126 e. The van der Waals surface area contributed by atoms with Crippen LogP contribution >= 0.6 is 11.3 Å². The van der Waals surface area contributed by atoms with E-state index in [1.54, 1.807) is 0 Å². The first kappa shape index (κ1) is 41.8. The van der Waals surface area contributed by atoms with Crippen molar-refractivity contribution < 1.29 is 0 Å². The van der Waals surface area contributed by atoms with Crippen molar-refractivity contribution in [1.29, 1.82) is 0 Å². The fraction of sp³-hybridized carbons (Fsp3) is 0.238. The third-order valence-corrected chi connectivity index (χ3v) is 16.1. The third kappa shape index (κ3) is 6.28. The highest BCUT2D eigenvalue weighted by Gasteiger charge is 2.44. The van der Waals surface area contributed by atoms with E-state index in [1.807, 2.05) is 11.3 Å². The average molecular weight is 890 g/mol. The Bertz CT molecular complexity index is 3490. The lowest BCUT2D eigenvalue weighted by Gasteiger charge is -2.46. The van der Waals surface area contributed by atoms with Crippen LogP contribution in [0.1, 0.15) is 104 Å². The number of hydrogen-bond acceptors (Lipinski definition) is 4. The fourth-order valence-corrected chi connectivity index (χ4v) is 12.4. The second-order valence-electron chi connectivity index (χ2n) is 22.8. The number of nitrogens with zero attached hydrogens (tertiary/aromatic N) is 3. The van der Waals surface area contributed by atoms with Gasteiger partial charge in [0.05, 0.1) is 34.1 Å². The summed E-state index contributed by atoms with van der Waals surface area (Å²) < 4.78 is 1.30. The predicted octanol–water partition coefficient (Wildman–Crippen LogP) is 19.0. The molecule has 12 rings (SSSR count). The van der Waals surface area contributed by atoms with Crippen molar-refractivity contribution in [3.8, 4) is 22.3 Å². The zero-order valence-electron chi connectivity index (χ0n) is 40.8. The highest BCUT2D eigenvalue weighted by atomic mass is 32.1. The molecule has 3 nitrogen and oxygen atoms in total. The lowest BCUT2D eigenvalue weighted by Crippen LogP contribution is -2.30. The number of hydrogen-bond donors (Lipinski definition) is 0. The second kappa shape index (κ2) is 14.2. The molecule has 4 heteroatoms. The molecular formula is C63H59N3S. The van der Waals surface area contributed by atoms with Crippen molar-refractivity contribution in [1.82, 2.24) is 0 Å². The quantitative estimate of drug-likeness (QED) is 0.175.